The van der Waals surface area contributed by atoms with Crippen molar-refractivity contribution in [2.75, 3.05) is 7.11 Å². The van der Waals surface area contributed by atoms with Crippen LogP contribution in [0.4, 0.5) is 0 Å². The topological polar surface area (TPSA) is 75.7 Å². The van der Waals surface area contributed by atoms with Gasteiger partial charge >= 0.3 is 5.97 Å². The van der Waals surface area contributed by atoms with Gasteiger partial charge in [0.1, 0.15) is 0 Å². The van der Waals surface area contributed by atoms with E-state index in [9.17, 15) is 14.4 Å². The van der Waals surface area contributed by atoms with Crippen LogP contribution in [0.25, 0.3) is 0 Å². The van der Waals surface area contributed by atoms with Gasteiger partial charge in [-0.3, -0.25) is 15.0 Å². The molecule has 1 fully saturated rings. The summed E-state index contributed by atoms with van der Waals surface area (Å²) in [6.45, 7) is 1.26. The van der Waals surface area contributed by atoms with Crippen LogP contribution < -0.4 is 5.43 Å². The fraction of sp³-hybridized carbons (Fsp3) is 0.571. The largest absolute Gasteiger partial charge is 0.467 e. The van der Waals surface area contributed by atoms with Gasteiger partial charge in [0, 0.05) is 6.92 Å². The number of ether oxygens (including phenoxy) is 1. The third kappa shape index (κ3) is 1.77. The maximum absolute atomic E-state index is 11.0. The van der Waals surface area contributed by atoms with Crippen molar-refractivity contribution in [3.05, 3.63) is 0 Å². The average Bonchev–Trinajstić information content (AvgIpc) is 2.09. The van der Waals surface area contributed by atoms with E-state index in [0.29, 0.717) is 0 Å². The normalized spacial score (nSPS) is 20.6. The maximum atomic E-state index is 11.0. The molecule has 1 saturated heterocycles. The molecule has 6 nitrogen and oxygen atoms in total. The van der Waals surface area contributed by atoms with Gasteiger partial charge in [0.15, 0.2) is 6.04 Å². The molecule has 1 rings (SSSR count). The predicted molar refractivity (Wildman–Crippen MR) is 41.1 cm³/mol. The second-order valence-corrected chi connectivity index (χ2v) is 2.67. The van der Waals surface area contributed by atoms with Crippen molar-refractivity contribution in [1.29, 1.82) is 0 Å². The lowest BCUT2D eigenvalue weighted by molar-refractivity contribution is -0.170. The lowest BCUT2D eigenvalue weighted by Gasteiger charge is -2.37. The number of nitrogens with zero attached hydrogens (tertiary/aromatic N) is 1. The van der Waals surface area contributed by atoms with Gasteiger partial charge in [-0.1, -0.05) is 0 Å². The SMILES string of the molecule is COC(=O)C1CC(=O)N1NC(C)=O. The minimum atomic E-state index is -0.665. The molecule has 0 aromatic rings. The first-order chi connectivity index (χ1) is 6.06. The van der Waals surface area contributed by atoms with E-state index in [4.69, 9.17) is 0 Å². The number of methoxy groups -OCH3 is 1. The van der Waals surface area contributed by atoms with Gasteiger partial charge in [-0.25, -0.2) is 9.80 Å². The van der Waals surface area contributed by atoms with Crippen molar-refractivity contribution in [3.63, 3.8) is 0 Å². The van der Waals surface area contributed by atoms with E-state index in [1.807, 2.05) is 0 Å². The molecule has 0 radical (unpaired) electrons. The molecule has 0 spiro atoms. The zero-order chi connectivity index (χ0) is 10.0. The zero-order valence-electron chi connectivity index (χ0n) is 7.36. The molecule has 1 aliphatic rings. The number of nitrogens with one attached hydrogen (secondary N) is 1. The summed E-state index contributed by atoms with van der Waals surface area (Å²) >= 11 is 0. The first-order valence-corrected chi connectivity index (χ1v) is 3.73. The molecular formula is C7H10N2O4. The van der Waals surface area contributed by atoms with E-state index in [1.165, 1.54) is 14.0 Å². The highest BCUT2D eigenvalue weighted by molar-refractivity contribution is 5.96. The van der Waals surface area contributed by atoms with Gasteiger partial charge in [-0.05, 0) is 0 Å². The van der Waals surface area contributed by atoms with Crippen molar-refractivity contribution in [3.8, 4) is 0 Å². The number of hydrogen-bond donors (Lipinski definition) is 1. The molecule has 0 aromatic carbocycles. The summed E-state index contributed by atoms with van der Waals surface area (Å²) < 4.78 is 4.43. The molecule has 13 heavy (non-hydrogen) atoms. The molecule has 1 aliphatic heterocycles. The van der Waals surface area contributed by atoms with Crippen LogP contribution in [-0.2, 0) is 19.1 Å². The lowest BCUT2D eigenvalue weighted by atomic mass is 10.1. The Morgan fingerprint density at radius 3 is 2.62 bits per heavy atom. The monoisotopic (exact) mass is 186 g/mol. The zero-order valence-corrected chi connectivity index (χ0v) is 7.36. The molecule has 6 heteroatoms. The number of hydrazine groups is 1. The molecule has 72 valence electrons. The summed E-state index contributed by atoms with van der Waals surface area (Å²) in [7, 11) is 1.23. The van der Waals surface area contributed by atoms with E-state index in [-0.39, 0.29) is 18.2 Å². The Balaban J connectivity index is 2.56. The summed E-state index contributed by atoms with van der Waals surface area (Å²) in [6, 6.07) is -0.665. The van der Waals surface area contributed by atoms with Crippen LogP contribution in [0.2, 0.25) is 0 Å². The third-order valence-electron chi connectivity index (χ3n) is 1.70. The minimum absolute atomic E-state index is 0.0902. The number of hydrogen-bond acceptors (Lipinski definition) is 4. The highest BCUT2D eigenvalue weighted by atomic mass is 16.5. The first-order valence-electron chi connectivity index (χ1n) is 3.73. The molecule has 1 unspecified atom stereocenters. The van der Waals surface area contributed by atoms with Gasteiger partial charge < -0.3 is 4.74 Å². The Hall–Kier alpha value is -1.59. The van der Waals surface area contributed by atoms with Crippen LogP contribution in [0.3, 0.4) is 0 Å². The fourth-order valence-electron chi connectivity index (χ4n) is 1.05. The molecule has 1 heterocycles. The van der Waals surface area contributed by atoms with E-state index >= 15 is 0 Å². The van der Waals surface area contributed by atoms with Gasteiger partial charge in [0.05, 0.1) is 13.5 Å². The predicted octanol–water partition coefficient (Wildman–Crippen LogP) is -1.19. The summed E-state index contributed by atoms with van der Waals surface area (Å²) in [5.41, 5.74) is 2.24. The van der Waals surface area contributed by atoms with Crippen LogP contribution in [0.15, 0.2) is 0 Å². The van der Waals surface area contributed by atoms with Crippen LogP contribution in [0.1, 0.15) is 13.3 Å². The van der Waals surface area contributed by atoms with E-state index < -0.39 is 12.0 Å². The van der Waals surface area contributed by atoms with Gasteiger partial charge in [-0.15, -0.1) is 0 Å². The maximum Gasteiger partial charge on any atom is 0.331 e. The Labute approximate surface area is 74.8 Å². The molecular weight excluding hydrogens is 176 g/mol. The Morgan fingerprint density at radius 1 is 1.62 bits per heavy atom. The minimum Gasteiger partial charge on any atom is -0.467 e. The molecule has 0 aromatic heterocycles. The summed E-state index contributed by atoms with van der Waals surface area (Å²) in [5, 5.41) is 0.980. The van der Waals surface area contributed by atoms with E-state index in [2.05, 4.69) is 10.2 Å². The van der Waals surface area contributed by atoms with Crippen LogP contribution in [0.5, 0.6) is 0 Å². The van der Waals surface area contributed by atoms with Crippen molar-refractivity contribution in [2.24, 2.45) is 0 Å². The Bertz CT molecular complexity index is 263. The molecule has 2 amide bonds. The smallest absolute Gasteiger partial charge is 0.331 e. The number of β-lactam (4-membered cyclic amide) rings is 1. The summed E-state index contributed by atoms with van der Waals surface area (Å²) in [4.78, 5) is 32.5. The number of carbonyl (C=O) groups excluding carboxylic acids is 3. The Morgan fingerprint density at radius 2 is 2.23 bits per heavy atom. The van der Waals surface area contributed by atoms with Crippen molar-refractivity contribution in [2.45, 2.75) is 19.4 Å². The first kappa shape index (κ1) is 9.50. The number of carbonyl (C=O) groups is 3. The van der Waals surface area contributed by atoms with E-state index in [1.54, 1.807) is 0 Å². The van der Waals surface area contributed by atoms with Crippen molar-refractivity contribution in [1.82, 2.24) is 10.4 Å². The number of amides is 2. The summed E-state index contributed by atoms with van der Waals surface area (Å²) in [6.07, 6.45) is 0.0902. The molecule has 0 bridgehead atoms. The van der Waals surface area contributed by atoms with Crippen molar-refractivity contribution < 1.29 is 19.1 Å². The van der Waals surface area contributed by atoms with Crippen LogP contribution in [0, 0.1) is 0 Å². The molecule has 0 saturated carbocycles. The second-order valence-electron chi connectivity index (χ2n) is 2.67. The number of esters is 1. The third-order valence-corrected chi connectivity index (χ3v) is 1.70. The molecule has 1 N–H and O–H groups in total. The van der Waals surface area contributed by atoms with Gasteiger partial charge in [-0.2, -0.15) is 0 Å². The van der Waals surface area contributed by atoms with Gasteiger partial charge in [0.2, 0.25) is 11.8 Å². The van der Waals surface area contributed by atoms with Crippen LogP contribution in [-0.4, -0.2) is 35.9 Å². The van der Waals surface area contributed by atoms with E-state index in [0.717, 1.165) is 5.01 Å². The van der Waals surface area contributed by atoms with Crippen LogP contribution >= 0.6 is 0 Å². The number of rotatable bonds is 2. The highest BCUT2D eigenvalue weighted by Crippen LogP contribution is 2.17. The molecule has 0 aliphatic carbocycles. The summed E-state index contributed by atoms with van der Waals surface area (Å²) in [5.74, 6) is -1.19. The standard InChI is InChI=1S/C7H10N2O4/c1-4(10)8-9-5(3-6(9)11)7(12)13-2/h5H,3H2,1-2H3,(H,8,10). The lowest BCUT2D eigenvalue weighted by Crippen LogP contribution is -2.63. The molecule has 1 atom stereocenters. The van der Waals surface area contributed by atoms with Crippen molar-refractivity contribution >= 4 is 17.8 Å². The second kappa shape index (κ2) is 3.42. The fourth-order valence-corrected chi connectivity index (χ4v) is 1.05. The average molecular weight is 186 g/mol. The Kier molecular flexibility index (Phi) is 2.50. The quantitative estimate of drug-likeness (QED) is 0.434. The van der Waals surface area contributed by atoms with Gasteiger partial charge in [0.25, 0.3) is 0 Å². The highest BCUT2D eigenvalue weighted by Gasteiger charge is 2.43.